The number of halogens is 6. The number of imide groups is 1. The first kappa shape index (κ1) is 24.0. The summed E-state index contributed by atoms with van der Waals surface area (Å²) in [6.45, 7) is 2.99. The van der Waals surface area contributed by atoms with E-state index in [-0.39, 0.29) is 12.5 Å². The quantitative estimate of drug-likeness (QED) is 0.599. The van der Waals surface area contributed by atoms with Gasteiger partial charge in [0, 0.05) is 12.8 Å². The van der Waals surface area contributed by atoms with Gasteiger partial charge in [-0.25, -0.2) is 9.69 Å². The van der Waals surface area contributed by atoms with E-state index in [0.717, 1.165) is 0 Å². The molecule has 1 N–H and O–H groups in total. The van der Waals surface area contributed by atoms with Crippen molar-refractivity contribution in [3.05, 3.63) is 0 Å². The number of aliphatic carboxylic acids is 1. The van der Waals surface area contributed by atoms with Crippen LogP contribution < -0.4 is 0 Å². The zero-order valence-electron chi connectivity index (χ0n) is 15.1. The first-order valence-corrected chi connectivity index (χ1v) is 8.50. The molecule has 2 unspecified atom stereocenters. The molecule has 162 valence electrons. The molecule has 1 saturated heterocycles. The number of alkyl halides is 6. The van der Waals surface area contributed by atoms with Gasteiger partial charge in [-0.1, -0.05) is 13.8 Å². The van der Waals surface area contributed by atoms with Gasteiger partial charge in [-0.05, 0) is 18.8 Å². The van der Waals surface area contributed by atoms with Crippen LogP contribution in [0.4, 0.5) is 31.1 Å². The molecule has 12 heteroatoms. The Morgan fingerprint density at radius 2 is 1.54 bits per heavy atom. The van der Waals surface area contributed by atoms with Crippen molar-refractivity contribution < 1.29 is 50.6 Å². The minimum atomic E-state index is -4.76. The monoisotopic (exact) mass is 421 g/mol. The minimum Gasteiger partial charge on any atom is -0.481 e. The molecular formula is C16H21F6NO5. The number of nitrogens with zero attached hydrogens (tertiary/aromatic N) is 1. The molecule has 0 aromatic heterocycles. The zero-order chi connectivity index (χ0) is 21.9. The van der Waals surface area contributed by atoms with E-state index in [2.05, 4.69) is 0 Å². The molecule has 1 heterocycles. The third-order valence-corrected chi connectivity index (χ3v) is 4.51. The molecular weight excluding hydrogens is 400 g/mol. The Labute approximate surface area is 156 Å². The summed E-state index contributed by atoms with van der Waals surface area (Å²) in [5, 5.41) is 9.27. The van der Waals surface area contributed by atoms with Crippen LogP contribution in [0.3, 0.4) is 0 Å². The predicted octanol–water partition coefficient (Wildman–Crippen LogP) is 3.99. The number of hydrogen-bond acceptors (Lipinski definition) is 4. The predicted molar refractivity (Wildman–Crippen MR) is 82.0 cm³/mol. The fraction of sp³-hybridized carbons (Fsp3) is 0.812. The first-order chi connectivity index (χ1) is 12.6. The van der Waals surface area contributed by atoms with Gasteiger partial charge in [-0.3, -0.25) is 9.59 Å². The van der Waals surface area contributed by atoms with Crippen molar-refractivity contribution >= 4 is 18.0 Å². The molecule has 1 aliphatic rings. The summed E-state index contributed by atoms with van der Waals surface area (Å²) in [4.78, 5) is 36.7. The average molecular weight is 421 g/mol. The average Bonchev–Trinajstić information content (AvgIpc) is 2.89. The molecule has 28 heavy (non-hydrogen) atoms. The van der Waals surface area contributed by atoms with Crippen LogP contribution >= 0.6 is 0 Å². The molecule has 3 atom stereocenters. The normalized spacial score (nSPS) is 20.2. The summed E-state index contributed by atoms with van der Waals surface area (Å²) in [5.74, 6) is -7.43. The SMILES string of the molecule is CC(C)[C@H]1COC(=O)N1C(=O)C(CCC(F)(F)F)C(CCC(F)(F)F)C(=O)O. The summed E-state index contributed by atoms with van der Waals surface area (Å²) in [7, 11) is 0. The highest BCUT2D eigenvalue weighted by Gasteiger charge is 2.47. The van der Waals surface area contributed by atoms with E-state index in [4.69, 9.17) is 4.74 Å². The maximum atomic E-state index is 12.8. The lowest BCUT2D eigenvalue weighted by Gasteiger charge is -2.30. The number of cyclic esters (lactones) is 1. The molecule has 6 nitrogen and oxygen atoms in total. The van der Waals surface area contributed by atoms with Gasteiger partial charge in [-0.2, -0.15) is 26.3 Å². The van der Waals surface area contributed by atoms with E-state index in [0.29, 0.717) is 4.90 Å². The molecule has 1 fully saturated rings. The molecule has 0 spiro atoms. The van der Waals surface area contributed by atoms with Crippen LogP contribution in [0.15, 0.2) is 0 Å². The highest BCUT2D eigenvalue weighted by molar-refractivity contribution is 5.96. The summed E-state index contributed by atoms with van der Waals surface area (Å²) in [6.07, 6.45) is -16.0. The van der Waals surface area contributed by atoms with Crippen LogP contribution in [0.2, 0.25) is 0 Å². The molecule has 1 aliphatic heterocycles. The highest BCUT2D eigenvalue weighted by atomic mass is 19.4. The van der Waals surface area contributed by atoms with Gasteiger partial charge in [0.05, 0.1) is 17.9 Å². The third kappa shape index (κ3) is 6.86. The fourth-order valence-corrected chi connectivity index (χ4v) is 2.99. The Morgan fingerprint density at radius 1 is 1.07 bits per heavy atom. The minimum absolute atomic E-state index is 0.228. The second-order valence-electron chi connectivity index (χ2n) is 6.96. The van der Waals surface area contributed by atoms with E-state index in [1.807, 2.05) is 0 Å². The maximum absolute atomic E-state index is 12.8. The summed E-state index contributed by atoms with van der Waals surface area (Å²) in [5.41, 5.74) is 0. The molecule has 0 radical (unpaired) electrons. The van der Waals surface area contributed by atoms with E-state index in [1.54, 1.807) is 13.8 Å². The number of carboxylic acid groups (broad SMARTS) is 1. The first-order valence-electron chi connectivity index (χ1n) is 8.50. The van der Waals surface area contributed by atoms with Crippen molar-refractivity contribution in [1.29, 1.82) is 0 Å². The second kappa shape index (κ2) is 8.99. The molecule has 2 amide bonds. The van der Waals surface area contributed by atoms with Crippen molar-refractivity contribution in [2.45, 2.75) is 57.9 Å². The van der Waals surface area contributed by atoms with Gasteiger partial charge in [-0.15, -0.1) is 0 Å². The van der Waals surface area contributed by atoms with Crippen LogP contribution in [-0.2, 0) is 14.3 Å². The molecule has 0 aromatic carbocycles. The van der Waals surface area contributed by atoms with Crippen LogP contribution in [0, 0.1) is 17.8 Å². The number of amides is 2. The number of hydrogen-bond donors (Lipinski definition) is 1. The number of carboxylic acids is 1. The van der Waals surface area contributed by atoms with E-state index >= 15 is 0 Å². The van der Waals surface area contributed by atoms with Crippen LogP contribution in [0.25, 0.3) is 0 Å². The number of rotatable bonds is 8. The van der Waals surface area contributed by atoms with Crippen LogP contribution in [0.1, 0.15) is 39.5 Å². The van der Waals surface area contributed by atoms with Crippen molar-refractivity contribution in [1.82, 2.24) is 4.90 Å². The molecule has 1 rings (SSSR count). The maximum Gasteiger partial charge on any atom is 0.416 e. The highest BCUT2D eigenvalue weighted by Crippen LogP contribution is 2.35. The van der Waals surface area contributed by atoms with Gasteiger partial charge in [0.2, 0.25) is 5.91 Å². The van der Waals surface area contributed by atoms with Gasteiger partial charge in [0.15, 0.2) is 0 Å². The lowest BCUT2D eigenvalue weighted by atomic mass is 9.83. The number of carbonyl (C=O) groups is 3. The van der Waals surface area contributed by atoms with Crippen molar-refractivity contribution in [2.75, 3.05) is 6.61 Å². The Balaban J connectivity index is 3.19. The lowest BCUT2D eigenvalue weighted by molar-refractivity contribution is -0.161. The van der Waals surface area contributed by atoms with Gasteiger partial charge < -0.3 is 9.84 Å². The second-order valence-corrected chi connectivity index (χ2v) is 6.96. The Hall–Kier alpha value is -2.01. The summed E-state index contributed by atoms with van der Waals surface area (Å²) in [6, 6.07) is -0.842. The third-order valence-electron chi connectivity index (χ3n) is 4.51. The van der Waals surface area contributed by atoms with Crippen molar-refractivity contribution in [3.63, 3.8) is 0 Å². The smallest absolute Gasteiger partial charge is 0.416 e. The summed E-state index contributed by atoms with van der Waals surface area (Å²) >= 11 is 0. The van der Waals surface area contributed by atoms with E-state index in [1.165, 1.54) is 0 Å². The van der Waals surface area contributed by atoms with Crippen LogP contribution in [-0.4, -0.2) is 53.0 Å². The largest absolute Gasteiger partial charge is 0.481 e. The zero-order valence-corrected chi connectivity index (χ0v) is 15.1. The topological polar surface area (TPSA) is 83.9 Å². The van der Waals surface area contributed by atoms with Crippen molar-refractivity contribution in [2.24, 2.45) is 17.8 Å². The molecule has 0 aromatic rings. The van der Waals surface area contributed by atoms with E-state index < -0.39 is 73.9 Å². The van der Waals surface area contributed by atoms with Gasteiger partial charge >= 0.3 is 24.4 Å². The van der Waals surface area contributed by atoms with Gasteiger partial charge in [0.1, 0.15) is 6.61 Å². The van der Waals surface area contributed by atoms with Crippen molar-refractivity contribution in [3.8, 4) is 0 Å². The molecule has 0 bridgehead atoms. The lowest BCUT2D eigenvalue weighted by Crippen LogP contribution is -2.47. The Bertz CT molecular complexity index is 589. The molecule has 0 aliphatic carbocycles. The summed E-state index contributed by atoms with van der Waals surface area (Å²) < 4.78 is 80.2. The number of carbonyl (C=O) groups excluding carboxylic acids is 2. The Kier molecular flexibility index (Phi) is 7.72. The van der Waals surface area contributed by atoms with E-state index in [9.17, 15) is 45.8 Å². The van der Waals surface area contributed by atoms with Crippen LogP contribution in [0.5, 0.6) is 0 Å². The van der Waals surface area contributed by atoms with Gasteiger partial charge in [0.25, 0.3) is 0 Å². The Morgan fingerprint density at radius 3 is 1.93 bits per heavy atom. The molecule has 0 saturated carbocycles. The number of ether oxygens (including phenoxy) is 1. The standard InChI is InChI=1S/C16H21F6NO5/c1-8(2)11-7-28-14(27)23(11)12(24)9(3-5-15(17,18)19)10(13(25)26)4-6-16(20,21)22/h8-11H,3-7H2,1-2H3,(H,25,26)/t9?,10?,11-/m1/s1. The fourth-order valence-electron chi connectivity index (χ4n) is 2.99.